The van der Waals surface area contributed by atoms with Crippen molar-refractivity contribution in [2.45, 2.75) is 10.0 Å². The molecule has 1 N–H and O–H groups in total. The number of nitrogens with zero attached hydrogens (tertiary/aromatic N) is 1. The Morgan fingerprint density at radius 3 is 2.52 bits per heavy atom. The van der Waals surface area contributed by atoms with Crippen LogP contribution in [0.4, 0.5) is 0 Å². The Bertz CT molecular complexity index is 956. The van der Waals surface area contributed by atoms with Gasteiger partial charge in [0.25, 0.3) is 11.8 Å². The smallest absolute Gasteiger partial charge is 0.289 e. The molecule has 0 radical (unpaired) electrons. The number of thioether (sulfide) groups is 1. The van der Waals surface area contributed by atoms with Crippen molar-refractivity contribution in [2.24, 2.45) is 0 Å². The van der Waals surface area contributed by atoms with Crippen molar-refractivity contribution >= 4 is 81.0 Å². The second kappa shape index (κ2) is 8.97. The molecule has 0 bridgehead atoms. The maximum Gasteiger partial charge on any atom is 0.289 e. The summed E-state index contributed by atoms with van der Waals surface area (Å²) in [6.07, 6.45) is 1.80. The van der Waals surface area contributed by atoms with E-state index in [1.165, 1.54) is 29.0 Å². The Balaban J connectivity index is 1.72. The monoisotopic (exact) mass is 490 g/mol. The molecule has 1 atom stereocenters. The van der Waals surface area contributed by atoms with Crippen molar-refractivity contribution in [3.05, 3.63) is 58.9 Å². The molecule has 11 heteroatoms. The molecule has 0 saturated carbocycles. The van der Waals surface area contributed by atoms with Gasteiger partial charge < -0.3 is 14.5 Å². The quantitative estimate of drug-likeness (QED) is 0.285. The number of thiocarbonyl (C=S) groups is 1. The Morgan fingerprint density at radius 2 is 2.00 bits per heavy atom. The molecule has 0 aliphatic carbocycles. The van der Waals surface area contributed by atoms with Crippen LogP contribution < -0.4 is 10.1 Å². The highest BCUT2D eigenvalue weighted by atomic mass is 35.6. The van der Waals surface area contributed by atoms with Crippen LogP contribution in [0.5, 0.6) is 5.75 Å². The predicted octanol–water partition coefficient (Wildman–Crippen LogP) is 4.62. The van der Waals surface area contributed by atoms with E-state index in [1.54, 1.807) is 43.5 Å². The highest BCUT2D eigenvalue weighted by Crippen LogP contribution is 2.33. The number of halogens is 3. The molecule has 3 rings (SSSR count). The van der Waals surface area contributed by atoms with Crippen molar-refractivity contribution in [3.8, 4) is 5.75 Å². The molecule has 0 spiro atoms. The number of carbonyl (C=O) groups is 2. The standard InChI is InChI=1S/C18H13Cl3N2O4S2/c1-23-15(25)13(29-17(23)28)9-10-4-6-11(7-5-10)27-16(18(19,20)21)22-14(24)12-3-2-8-26-12/h2-9,16H,1H3,(H,22,24)/b13-9-/t16-/m0/s1. The molecule has 29 heavy (non-hydrogen) atoms. The third-order valence-corrected chi connectivity index (χ3v) is 5.80. The summed E-state index contributed by atoms with van der Waals surface area (Å²) >= 11 is 24.1. The molecule has 152 valence electrons. The topological polar surface area (TPSA) is 71.8 Å². The van der Waals surface area contributed by atoms with Crippen molar-refractivity contribution in [2.75, 3.05) is 7.05 Å². The summed E-state index contributed by atoms with van der Waals surface area (Å²) in [7, 11) is 1.63. The van der Waals surface area contributed by atoms with E-state index >= 15 is 0 Å². The first kappa shape index (κ1) is 22.0. The molecule has 2 heterocycles. The molecule has 0 unspecified atom stereocenters. The molecule has 1 aromatic carbocycles. The zero-order valence-corrected chi connectivity index (χ0v) is 18.6. The molecule has 1 aromatic heterocycles. The Hall–Kier alpha value is -1.71. The summed E-state index contributed by atoms with van der Waals surface area (Å²) in [5.41, 5.74) is 0.761. The normalized spacial score (nSPS) is 17.0. The average Bonchev–Trinajstić information content (AvgIpc) is 3.28. The highest BCUT2D eigenvalue weighted by molar-refractivity contribution is 8.26. The van der Waals surface area contributed by atoms with Gasteiger partial charge in [0.1, 0.15) is 10.1 Å². The van der Waals surface area contributed by atoms with Gasteiger partial charge >= 0.3 is 0 Å². The fourth-order valence-corrected chi connectivity index (χ4v) is 3.73. The number of benzene rings is 1. The largest absolute Gasteiger partial charge is 0.466 e. The third-order valence-electron chi connectivity index (χ3n) is 3.72. The van der Waals surface area contributed by atoms with E-state index in [1.807, 2.05) is 0 Å². The summed E-state index contributed by atoms with van der Waals surface area (Å²) in [6.45, 7) is 0. The number of likely N-dealkylation sites (N-methyl/N-ethyl adjacent to an activating group) is 1. The minimum Gasteiger partial charge on any atom is -0.466 e. The van der Waals surface area contributed by atoms with Crippen molar-refractivity contribution < 1.29 is 18.7 Å². The first-order valence-corrected chi connectivity index (χ1v) is 10.4. The predicted molar refractivity (Wildman–Crippen MR) is 118 cm³/mol. The van der Waals surface area contributed by atoms with Gasteiger partial charge in [0.05, 0.1) is 11.2 Å². The number of hydrogen-bond donors (Lipinski definition) is 1. The van der Waals surface area contributed by atoms with E-state index in [4.69, 9.17) is 56.2 Å². The number of carbonyl (C=O) groups excluding carboxylic acids is 2. The fraction of sp³-hybridized carbons (Fsp3) is 0.167. The van der Waals surface area contributed by atoms with E-state index in [-0.39, 0.29) is 11.7 Å². The van der Waals surface area contributed by atoms with Crippen LogP contribution in [0.25, 0.3) is 6.08 Å². The number of furan rings is 1. The summed E-state index contributed by atoms with van der Waals surface area (Å²) in [4.78, 5) is 26.2. The van der Waals surface area contributed by atoms with Crippen molar-refractivity contribution in [1.82, 2.24) is 10.2 Å². The van der Waals surface area contributed by atoms with Crippen molar-refractivity contribution in [1.29, 1.82) is 0 Å². The number of ether oxygens (including phenoxy) is 1. The van der Waals surface area contributed by atoms with Gasteiger partial charge in [0, 0.05) is 7.05 Å². The fourth-order valence-electron chi connectivity index (χ4n) is 2.25. The van der Waals surface area contributed by atoms with E-state index in [9.17, 15) is 9.59 Å². The minimum atomic E-state index is -1.93. The number of rotatable bonds is 5. The summed E-state index contributed by atoms with van der Waals surface area (Å²) in [5, 5.41) is 2.47. The molecule has 1 aliphatic heterocycles. The van der Waals surface area contributed by atoms with Gasteiger partial charge in [-0.15, -0.1) is 0 Å². The van der Waals surface area contributed by atoms with Gasteiger partial charge in [0.2, 0.25) is 10.0 Å². The Morgan fingerprint density at radius 1 is 1.31 bits per heavy atom. The lowest BCUT2D eigenvalue weighted by molar-refractivity contribution is -0.121. The molecule has 6 nitrogen and oxygen atoms in total. The van der Waals surface area contributed by atoms with Gasteiger partial charge in [0.15, 0.2) is 5.76 Å². The maximum atomic E-state index is 12.2. The number of amides is 2. The maximum absolute atomic E-state index is 12.2. The van der Waals surface area contributed by atoms with Crippen LogP contribution in [0.3, 0.4) is 0 Å². The molecule has 2 amide bonds. The van der Waals surface area contributed by atoms with Gasteiger partial charge in [-0.3, -0.25) is 14.5 Å². The van der Waals surface area contributed by atoms with Gasteiger partial charge in [-0.05, 0) is 35.9 Å². The first-order valence-electron chi connectivity index (χ1n) is 8.04. The first-order chi connectivity index (χ1) is 13.6. The molecule has 2 aromatic rings. The van der Waals surface area contributed by atoms with Crippen LogP contribution in [-0.4, -0.2) is 38.1 Å². The van der Waals surface area contributed by atoms with E-state index in [0.717, 1.165) is 5.56 Å². The second-order valence-corrected chi connectivity index (χ2v) is 9.84. The number of alkyl halides is 3. The number of nitrogens with one attached hydrogen (secondary N) is 1. The van der Waals surface area contributed by atoms with E-state index in [2.05, 4.69) is 5.32 Å². The lowest BCUT2D eigenvalue weighted by atomic mass is 10.2. The number of hydrogen-bond acceptors (Lipinski definition) is 6. The zero-order chi connectivity index (χ0) is 21.2. The summed E-state index contributed by atoms with van der Waals surface area (Å²) < 4.78 is 9.22. The van der Waals surface area contributed by atoms with Gasteiger partial charge in [-0.2, -0.15) is 0 Å². The van der Waals surface area contributed by atoms with Crippen LogP contribution >= 0.6 is 58.8 Å². The van der Waals surface area contributed by atoms with Crippen LogP contribution in [0.15, 0.2) is 52.0 Å². The van der Waals surface area contributed by atoms with Gasteiger partial charge in [-0.1, -0.05) is 70.9 Å². The zero-order valence-electron chi connectivity index (χ0n) is 14.7. The SMILES string of the molecule is CN1C(=O)/C(=C/c2ccc(O[C@H](NC(=O)c3ccco3)C(Cl)(Cl)Cl)cc2)SC1=S. The van der Waals surface area contributed by atoms with E-state index in [0.29, 0.717) is 15.0 Å². The lowest BCUT2D eigenvalue weighted by Crippen LogP contribution is -2.47. The average molecular weight is 492 g/mol. The van der Waals surface area contributed by atoms with Crippen molar-refractivity contribution in [3.63, 3.8) is 0 Å². The molecular formula is C18H13Cl3N2O4S2. The lowest BCUT2D eigenvalue weighted by Gasteiger charge is -2.26. The Kier molecular flexibility index (Phi) is 6.80. The molecule has 1 fully saturated rings. The third kappa shape index (κ3) is 5.46. The molecule has 1 aliphatic rings. The van der Waals surface area contributed by atoms with Gasteiger partial charge in [-0.25, -0.2) is 0 Å². The summed E-state index contributed by atoms with van der Waals surface area (Å²) in [6, 6.07) is 9.73. The van der Waals surface area contributed by atoms with Crippen LogP contribution in [-0.2, 0) is 4.79 Å². The Labute approximate surface area is 191 Å². The second-order valence-electron chi connectivity index (χ2n) is 5.80. The van der Waals surface area contributed by atoms with Crippen LogP contribution in [0.1, 0.15) is 16.1 Å². The summed E-state index contributed by atoms with van der Waals surface area (Å²) in [5.74, 6) is -0.348. The molecule has 1 saturated heterocycles. The van der Waals surface area contributed by atoms with E-state index < -0.39 is 15.9 Å². The molecular weight excluding hydrogens is 479 g/mol. The van der Waals surface area contributed by atoms with Crippen LogP contribution in [0, 0.1) is 0 Å². The minimum absolute atomic E-state index is 0.0523. The highest BCUT2D eigenvalue weighted by Gasteiger charge is 2.37. The van der Waals surface area contributed by atoms with Crippen LogP contribution in [0.2, 0.25) is 0 Å².